The standard InChI is InChI=1S/C44H47F4N15O6/c45-30-22-51-38(62-9-7-53-54-62)34-32(30)28(20-49-34)36(64)42(68)60-16-12-58(13-17-60)41(67)27-2-1-8-56(24-27)25-61-18-19-63(55-61)39-35-33(31(46)23-52-39)29(21-50-35)37(65)43(69)59-14-10-57(11-15-59)40(66)26-3-5-44(47,48)6-4-26/h7,9,18-23,26-27,49-50,55H,1-6,8,10-17,24-25H2. The van der Waals surface area contributed by atoms with Gasteiger partial charge in [-0.05, 0) is 32.2 Å². The molecule has 5 aliphatic rings. The number of hydrogen-bond acceptors (Lipinski definition) is 14. The number of aromatic amines is 2. The summed E-state index contributed by atoms with van der Waals surface area (Å²) in [6.07, 6.45) is 11.7. The number of ketones is 2. The van der Waals surface area contributed by atoms with Crippen molar-refractivity contribution in [1.29, 1.82) is 0 Å². The number of H-pyrrole nitrogens is 2. The summed E-state index contributed by atoms with van der Waals surface area (Å²) in [5.74, 6) is -8.52. The van der Waals surface area contributed by atoms with Gasteiger partial charge in [-0.15, -0.1) is 10.6 Å². The maximum absolute atomic E-state index is 15.4. The lowest BCUT2D eigenvalue weighted by Crippen LogP contribution is -2.55. The summed E-state index contributed by atoms with van der Waals surface area (Å²) in [5, 5.41) is 10.7. The molecule has 4 amide bonds. The fraction of sp³-hybridized carbons (Fsp3) is 0.455. The van der Waals surface area contributed by atoms with Gasteiger partial charge >= 0.3 is 0 Å². The first-order valence-corrected chi connectivity index (χ1v) is 22.8. The van der Waals surface area contributed by atoms with Crippen LogP contribution < -0.4 is 10.5 Å². The molecule has 9 heterocycles. The molecule has 4 fully saturated rings. The predicted octanol–water partition coefficient (Wildman–Crippen LogP) is 2.21. The van der Waals surface area contributed by atoms with Crippen LogP contribution in [0.3, 0.4) is 0 Å². The van der Waals surface area contributed by atoms with Crippen LogP contribution in [0.4, 0.5) is 23.4 Å². The van der Waals surface area contributed by atoms with E-state index in [0.717, 1.165) is 18.8 Å². The van der Waals surface area contributed by atoms with Crippen molar-refractivity contribution in [2.75, 3.05) is 77.1 Å². The fourth-order valence-electron chi connectivity index (χ4n) is 9.96. The largest absolute Gasteiger partial charge is 0.357 e. The van der Waals surface area contributed by atoms with Crippen molar-refractivity contribution in [2.24, 2.45) is 11.8 Å². The molecular weight excluding hydrogens is 911 g/mol. The minimum absolute atomic E-state index is 0.0613. The van der Waals surface area contributed by atoms with Crippen molar-refractivity contribution in [3.8, 4) is 5.82 Å². The van der Waals surface area contributed by atoms with Crippen molar-refractivity contribution in [1.82, 2.24) is 70.0 Å². The Labute approximate surface area is 390 Å². The number of fused-ring (bicyclic) bond motifs is 2. The van der Waals surface area contributed by atoms with Crippen LogP contribution in [-0.2, 0) is 19.2 Å². The van der Waals surface area contributed by atoms with Crippen LogP contribution >= 0.6 is 0 Å². The molecule has 1 atom stereocenters. The number of amides is 4. The van der Waals surface area contributed by atoms with E-state index in [2.05, 4.69) is 40.7 Å². The Bertz CT molecular complexity index is 2860. The van der Waals surface area contributed by atoms with E-state index < -0.39 is 46.9 Å². The van der Waals surface area contributed by atoms with Crippen molar-refractivity contribution in [3.05, 3.63) is 72.3 Å². The first-order chi connectivity index (χ1) is 33.2. The number of nitrogens with one attached hydrogen (secondary N) is 3. The summed E-state index contributed by atoms with van der Waals surface area (Å²) >= 11 is 0. The second-order valence-electron chi connectivity index (χ2n) is 17.9. The van der Waals surface area contributed by atoms with Crippen molar-refractivity contribution in [3.63, 3.8) is 0 Å². The zero-order chi connectivity index (χ0) is 48.1. The second-order valence-corrected chi connectivity index (χ2v) is 17.9. The summed E-state index contributed by atoms with van der Waals surface area (Å²) in [5.41, 5.74) is 3.20. The first-order valence-electron chi connectivity index (χ1n) is 22.8. The third-order valence-corrected chi connectivity index (χ3v) is 13.7. The second kappa shape index (κ2) is 18.3. The van der Waals surface area contributed by atoms with Crippen molar-refractivity contribution >= 4 is 62.8 Å². The van der Waals surface area contributed by atoms with Crippen LogP contribution in [0.25, 0.3) is 27.6 Å². The number of rotatable bonds is 10. The smallest absolute Gasteiger partial charge is 0.295 e. The van der Waals surface area contributed by atoms with Crippen LogP contribution in [-0.4, -0.2) is 178 Å². The number of piperidine rings is 1. The van der Waals surface area contributed by atoms with Crippen molar-refractivity contribution < 1.29 is 46.3 Å². The third-order valence-electron chi connectivity index (χ3n) is 13.7. The van der Waals surface area contributed by atoms with E-state index >= 15 is 8.78 Å². The maximum Gasteiger partial charge on any atom is 0.295 e. The number of carbonyl (C=O) groups is 6. The van der Waals surface area contributed by atoms with E-state index in [1.54, 1.807) is 27.2 Å². The summed E-state index contributed by atoms with van der Waals surface area (Å²) in [7, 11) is 0. The molecule has 5 aromatic rings. The van der Waals surface area contributed by atoms with Gasteiger partial charge in [-0.25, -0.2) is 37.2 Å². The van der Waals surface area contributed by atoms with E-state index in [4.69, 9.17) is 0 Å². The quantitative estimate of drug-likeness (QED) is 0.104. The number of nitrogens with zero attached hydrogens (tertiary/aromatic N) is 12. The molecule has 3 N–H and O–H groups in total. The highest BCUT2D eigenvalue weighted by atomic mass is 19.3. The number of pyridine rings is 2. The van der Waals surface area contributed by atoms with Gasteiger partial charge in [-0.2, -0.15) is 0 Å². The minimum Gasteiger partial charge on any atom is -0.357 e. The number of hydrogen-bond donors (Lipinski definition) is 3. The van der Waals surface area contributed by atoms with Crippen LogP contribution in [0.5, 0.6) is 0 Å². The molecule has 1 aliphatic carbocycles. The molecule has 21 nitrogen and oxygen atoms in total. The average molecular weight is 958 g/mol. The topological polar surface area (TPSA) is 225 Å². The fourth-order valence-corrected chi connectivity index (χ4v) is 9.96. The monoisotopic (exact) mass is 957 g/mol. The van der Waals surface area contributed by atoms with Gasteiger partial charge in [0, 0.05) is 102 Å². The molecular formula is C44H47F4N15O6. The van der Waals surface area contributed by atoms with Gasteiger partial charge in [0.25, 0.3) is 23.4 Å². The molecule has 4 aliphatic heterocycles. The van der Waals surface area contributed by atoms with Gasteiger partial charge in [-0.3, -0.25) is 38.7 Å². The molecule has 0 spiro atoms. The highest BCUT2D eigenvalue weighted by molar-refractivity contribution is 6.45. The number of hydrazine groups is 2. The normalized spacial score (nSPS) is 20.4. The Morgan fingerprint density at radius 2 is 1.20 bits per heavy atom. The van der Waals surface area contributed by atoms with Crippen LogP contribution in [0.15, 0.2) is 49.6 Å². The minimum atomic E-state index is -2.76. The van der Waals surface area contributed by atoms with E-state index in [-0.39, 0.29) is 140 Å². The first kappa shape index (κ1) is 45.5. The Balaban J connectivity index is 0.710. The Morgan fingerprint density at radius 1 is 0.667 bits per heavy atom. The Morgan fingerprint density at radius 3 is 1.77 bits per heavy atom. The number of carbonyl (C=O) groups excluding carboxylic acids is 6. The highest BCUT2D eigenvalue weighted by Gasteiger charge is 2.40. The highest BCUT2D eigenvalue weighted by Crippen LogP contribution is 2.37. The van der Waals surface area contributed by atoms with E-state index in [1.165, 1.54) is 44.3 Å². The lowest BCUT2D eigenvalue weighted by Gasteiger charge is -2.39. The SMILES string of the molecule is O=C(C(=O)N1CCN(C(=O)C2CCC(F)(F)CC2)CC1)c1c[nH]c2c(N3C=CN(CN4CCCC(C(=O)N5CCN(C(=O)C(=O)c6c[nH]c7c(-n8ccnn8)ncc(F)c67)CC5)C4)N3)ncc(F)c12. The van der Waals surface area contributed by atoms with E-state index in [0.29, 0.717) is 26.2 Å². The molecule has 69 heavy (non-hydrogen) atoms. The molecule has 3 saturated heterocycles. The van der Waals surface area contributed by atoms with E-state index in [9.17, 15) is 37.5 Å². The molecule has 10 rings (SSSR count). The number of anilines is 1. The third kappa shape index (κ3) is 8.75. The molecule has 1 unspecified atom stereocenters. The molecule has 0 bridgehead atoms. The zero-order valence-electron chi connectivity index (χ0n) is 37.1. The summed E-state index contributed by atoms with van der Waals surface area (Å²) in [4.78, 5) is 103. The lowest BCUT2D eigenvalue weighted by atomic mass is 9.86. The predicted molar refractivity (Wildman–Crippen MR) is 235 cm³/mol. The summed E-state index contributed by atoms with van der Waals surface area (Å²) in [6.45, 7) is 2.61. The molecule has 362 valence electrons. The molecule has 25 heteroatoms. The number of halogens is 4. The molecule has 0 aromatic carbocycles. The zero-order valence-corrected chi connectivity index (χ0v) is 37.1. The molecule has 0 radical (unpaired) electrons. The average Bonchev–Trinajstić information content (AvgIpc) is 4.22. The van der Waals surface area contributed by atoms with Crippen molar-refractivity contribution in [2.45, 2.75) is 44.4 Å². The summed E-state index contributed by atoms with van der Waals surface area (Å²) in [6, 6.07) is 0. The summed E-state index contributed by atoms with van der Waals surface area (Å²) < 4.78 is 59.1. The van der Waals surface area contributed by atoms with Gasteiger partial charge in [0.05, 0.1) is 70.3 Å². The number of aromatic nitrogens is 7. The van der Waals surface area contributed by atoms with Crippen LogP contribution in [0.1, 0.15) is 59.2 Å². The van der Waals surface area contributed by atoms with Crippen LogP contribution in [0.2, 0.25) is 0 Å². The molecule has 1 saturated carbocycles. The number of alkyl halides is 2. The van der Waals surface area contributed by atoms with Gasteiger partial charge < -0.3 is 29.6 Å². The Hall–Kier alpha value is -7.28. The van der Waals surface area contributed by atoms with Gasteiger partial charge in [0.1, 0.15) is 0 Å². The maximum atomic E-state index is 15.4. The molecule has 5 aromatic heterocycles. The Kier molecular flexibility index (Phi) is 12.1. The van der Waals surface area contributed by atoms with Crippen LogP contribution in [0, 0.1) is 23.5 Å². The van der Waals surface area contributed by atoms with Gasteiger partial charge in [-0.1, -0.05) is 5.21 Å². The van der Waals surface area contributed by atoms with Gasteiger partial charge in [0.15, 0.2) is 23.3 Å². The number of Topliss-reactive ketones (excluding diaryl/α,β-unsaturated/α-hetero) is 2. The number of piperazine rings is 2. The van der Waals surface area contributed by atoms with Gasteiger partial charge in [0.2, 0.25) is 17.7 Å². The lowest BCUT2D eigenvalue weighted by molar-refractivity contribution is -0.143. The van der Waals surface area contributed by atoms with E-state index in [1.807, 2.05) is 0 Å². The number of likely N-dealkylation sites (tertiary alicyclic amines) is 1.